The maximum atomic E-state index is 13.5. The summed E-state index contributed by atoms with van der Waals surface area (Å²) >= 11 is 0. The maximum absolute atomic E-state index is 13.5. The molecular formula is C14H16FN5O2. The van der Waals surface area contributed by atoms with Crippen molar-refractivity contribution < 1.29 is 13.9 Å². The topological polar surface area (TPSA) is 71.4 Å². The minimum atomic E-state index is -0.402. The number of halogens is 1. The largest absolute Gasteiger partial charge is 0.494 e. The van der Waals surface area contributed by atoms with Gasteiger partial charge in [0.25, 0.3) is 0 Å². The highest BCUT2D eigenvalue weighted by Gasteiger charge is 2.24. The Morgan fingerprint density at radius 3 is 2.91 bits per heavy atom. The molecule has 1 aliphatic heterocycles. The van der Waals surface area contributed by atoms with Crippen LogP contribution in [0.2, 0.25) is 0 Å². The number of ether oxygens (including phenoxy) is 1. The van der Waals surface area contributed by atoms with Crippen molar-refractivity contribution in [3.05, 3.63) is 30.1 Å². The summed E-state index contributed by atoms with van der Waals surface area (Å²) in [6.45, 7) is 1.40. The molecule has 1 aromatic carbocycles. The molecule has 22 heavy (non-hydrogen) atoms. The fourth-order valence-electron chi connectivity index (χ4n) is 2.42. The molecule has 3 rings (SSSR count). The van der Waals surface area contributed by atoms with Crippen molar-refractivity contribution in [1.29, 1.82) is 0 Å². The molecule has 0 atom stereocenters. The predicted molar refractivity (Wildman–Crippen MR) is 80.3 cm³/mol. The van der Waals surface area contributed by atoms with Gasteiger partial charge in [0.1, 0.15) is 5.82 Å². The van der Waals surface area contributed by atoms with Crippen LogP contribution in [0, 0.1) is 5.82 Å². The second kappa shape index (κ2) is 5.55. The van der Waals surface area contributed by atoms with E-state index in [4.69, 9.17) is 4.74 Å². The number of hydrogen-bond donors (Lipinski definition) is 2. The Morgan fingerprint density at radius 1 is 1.36 bits per heavy atom. The fraction of sp³-hybridized carbons (Fsp3) is 0.286. The third-order valence-corrected chi connectivity index (χ3v) is 3.49. The van der Waals surface area contributed by atoms with Crippen LogP contribution >= 0.6 is 0 Å². The lowest BCUT2D eigenvalue weighted by Gasteiger charge is -2.17. The van der Waals surface area contributed by atoms with E-state index in [9.17, 15) is 9.18 Å². The third-order valence-electron chi connectivity index (χ3n) is 3.49. The molecule has 0 saturated heterocycles. The van der Waals surface area contributed by atoms with Crippen LogP contribution in [0.5, 0.6) is 5.75 Å². The van der Waals surface area contributed by atoms with Gasteiger partial charge in [-0.1, -0.05) is 0 Å². The standard InChI is InChI=1S/C14H16FN5O2/c1-16-14(21)17-12-8-13-19(5-6-20(13)18-12)9-3-4-10(15)11(7-9)22-2/h3-4,7-8H,5-6H2,1-2H3,(H2,16,17,18,21). The molecule has 2 N–H and O–H groups in total. The molecule has 0 fully saturated rings. The normalized spacial score (nSPS) is 13.0. The zero-order chi connectivity index (χ0) is 15.7. The number of methoxy groups -OCH3 is 1. The number of rotatable bonds is 3. The Labute approximate surface area is 126 Å². The van der Waals surface area contributed by atoms with Gasteiger partial charge in [0.05, 0.1) is 13.7 Å². The van der Waals surface area contributed by atoms with Crippen LogP contribution in [0.1, 0.15) is 0 Å². The Hall–Kier alpha value is -2.77. The van der Waals surface area contributed by atoms with E-state index in [2.05, 4.69) is 15.7 Å². The first-order valence-electron chi connectivity index (χ1n) is 6.80. The molecule has 2 amide bonds. The summed E-state index contributed by atoms with van der Waals surface area (Å²) in [5.41, 5.74) is 0.809. The van der Waals surface area contributed by atoms with Crippen molar-refractivity contribution in [2.75, 3.05) is 30.9 Å². The number of aromatic nitrogens is 2. The fourth-order valence-corrected chi connectivity index (χ4v) is 2.42. The van der Waals surface area contributed by atoms with Gasteiger partial charge in [0, 0.05) is 31.4 Å². The zero-order valence-corrected chi connectivity index (χ0v) is 12.3. The first-order valence-corrected chi connectivity index (χ1v) is 6.80. The Bertz CT molecular complexity index is 715. The monoisotopic (exact) mass is 305 g/mol. The number of nitrogens with zero attached hydrogens (tertiary/aromatic N) is 3. The van der Waals surface area contributed by atoms with Crippen molar-refractivity contribution >= 4 is 23.4 Å². The average molecular weight is 305 g/mol. The predicted octanol–water partition coefficient (Wildman–Crippen LogP) is 1.93. The maximum Gasteiger partial charge on any atom is 0.320 e. The van der Waals surface area contributed by atoms with E-state index in [1.807, 2.05) is 4.90 Å². The summed E-state index contributed by atoms with van der Waals surface area (Å²) in [5.74, 6) is 1.09. The molecule has 1 aromatic heterocycles. The third kappa shape index (κ3) is 2.43. The minimum absolute atomic E-state index is 0.194. The number of amides is 2. The van der Waals surface area contributed by atoms with Crippen molar-refractivity contribution in [3.8, 4) is 5.75 Å². The van der Waals surface area contributed by atoms with E-state index >= 15 is 0 Å². The van der Waals surface area contributed by atoms with E-state index in [1.165, 1.54) is 20.2 Å². The average Bonchev–Trinajstić information content (AvgIpc) is 3.07. The van der Waals surface area contributed by atoms with Crippen LogP contribution in [-0.2, 0) is 6.54 Å². The molecule has 0 unspecified atom stereocenters. The van der Waals surface area contributed by atoms with Crippen molar-refractivity contribution in [1.82, 2.24) is 15.1 Å². The Morgan fingerprint density at radius 2 is 2.18 bits per heavy atom. The van der Waals surface area contributed by atoms with Crippen molar-refractivity contribution in [3.63, 3.8) is 0 Å². The van der Waals surface area contributed by atoms with Crippen molar-refractivity contribution in [2.24, 2.45) is 0 Å². The zero-order valence-electron chi connectivity index (χ0n) is 12.3. The number of fused-ring (bicyclic) bond motifs is 1. The van der Waals surface area contributed by atoms with Crippen LogP contribution in [0.15, 0.2) is 24.3 Å². The summed E-state index contributed by atoms with van der Waals surface area (Å²) < 4.78 is 20.3. The first-order chi connectivity index (χ1) is 10.6. The molecule has 0 aliphatic carbocycles. The summed E-state index contributed by atoms with van der Waals surface area (Å²) in [5, 5.41) is 9.41. The summed E-state index contributed by atoms with van der Waals surface area (Å²) in [6.07, 6.45) is 0. The molecule has 2 heterocycles. The first kappa shape index (κ1) is 14.2. The molecule has 1 aliphatic rings. The molecular weight excluding hydrogens is 289 g/mol. The van der Waals surface area contributed by atoms with Crippen LogP contribution in [0.3, 0.4) is 0 Å². The van der Waals surface area contributed by atoms with E-state index in [0.29, 0.717) is 12.4 Å². The second-order valence-corrected chi connectivity index (χ2v) is 4.79. The van der Waals surface area contributed by atoms with Gasteiger partial charge in [-0.25, -0.2) is 13.9 Å². The van der Waals surface area contributed by atoms with Gasteiger partial charge in [0.15, 0.2) is 17.4 Å². The van der Waals surface area contributed by atoms with E-state index in [1.54, 1.807) is 22.9 Å². The molecule has 0 spiro atoms. The summed E-state index contributed by atoms with van der Waals surface area (Å²) in [4.78, 5) is 13.3. The number of carbonyl (C=O) groups excluding carboxylic acids is 1. The molecule has 2 aromatic rings. The van der Waals surface area contributed by atoms with Gasteiger partial charge in [-0.2, -0.15) is 5.10 Å². The number of urea groups is 1. The molecule has 0 saturated carbocycles. The van der Waals surface area contributed by atoms with Gasteiger partial charge in [0.2, 0.25) is 0 Å². The Kier molecular flexibility index (Phi) is 3.58. The van der Waals surface area contributed by atoms with E-state index < -0.39 is 5.82 Å². The molecule has 0 bridgehead atoms. The highest BCUT2D eigenvalue weighted by Crippen LogP contribution is 2.34. The number of anilines is 3. The SMILES string of the molecule is CNC(=O)Nc1cc2n(n1)CCN2c1ccc(F)c(OC)c1. The molecule has 0 radical (unpaired) electrons. The van der Waals surface area contributed by atoms with Crippen LogP contribution in [-0.4, -0.2) is 36.5 Å². The molecule has 7 nitrogen and oxygen atoms in total. The lowest BCUT2D eigenvalue weighted by molar-refractivity contribution is 0.254. The number of carbonyl (C=O) groups is 1. The van der Waals surface area contributed by atoms with E-state index in [-0.39, 0.29) is 11.8 Å². The van der Waals surface area contributed by atoms with Gasteiger partial charge >= 0.3 is 6.03 Å². The molecule has 8 heteroatoms. The van der Waals surface area contributed by atoms with Gasteiger partial charge in [-0.15, -0.1) is 0 Å². The number of hydrogen-bond acceptors (Lipinski definition) is 4. The van der Waals surface area contributed by atoms with Crippen LogP contribution in [0.4, 0.5) is 26.5 Å². The van der Waals surface area contributed by atoms with Crippen LogP contribution in [0.25, 0.3) is 0 Å². The number of benzene rings is 1. The lowest BCUT2D eigenvalue weighted by atomic mass is 10.2. The van der Waals surface area contributed by atoms with Gasteiger partial charge in [-0.05, 0) is 12.1 Å². The van der Waals surface area contributed by atoms with Crippen LogP contribution < -0.4 is 20.3 Å². The highest BCUT2D eigenvalue weighted by atomic mass is 19.1. The Balaban J connectivity index is 1.89. The quantitative estimate of drug-likeness (QED) is 0.909. The van der Waals surface area contributed by atoms with E-state index in [0.717, 1.165) is 18.1 Å². The molecule has 116 valence electrons. The highest BCUT2D eigenvalue weighted by molar-refractivity contribution is 5.88. The minimum Gasteiger partial charge on any atom is -0.494 e. The second-order valence-electron chi connectivity index (χ2n) is 4.79. The smallest absolute Gasteiger partial charge is 0.320 e. The van der Waals surface area contributed by atoms with Gasteiger partial charge in [-0.3, -0.25) is 5.32 Å². The van der Waals surface area contributed by atoms with Gasteiger partial charge < -0.3 is 15.0 Å². The summed E-state index contributed by atoms with van der Waals surface area (Å²) in [7, 11) is 2.97. The summed E-state index contributed by atoms with van der Waals surface area (Å²) in [6, 6.07) is 6.15. The lowest BCUT2D eigenvalue weighted by Crippen LogP contribution is -2.24. The number of nitrogens with one attached hydrogen (secondary N) is 2. The van der Waals surface area contributed by atoms with Crippen molar-refractivity contribution in [2.45, 2.75) is 6.54 Å².